The largest absolute Gasteiger partial charge is 0.508 e. The molecule has 34 heavy (non-hydrogen) atoms. The summed E-state index contributed by atoms with van der Waals surface area (Å²) in [7, 11) is 0. The van der Waals surface area contributed by atoms with Crippen molar-refractivity contribution in [2.45, 2.75) is 58.3 Å². The van der Waals surface area contributed by atoms with Gasteiger partial charge in [0, 0.05) is 25.8 Å². The molecule has 0 aliphatic carbocycles. The van der Waals surface area contributed by atoms with Gasteiger partial charge in [-0.3, -0.25) is 14.4 Å². The molecule has 0 spiro atoms. The molecular weight excluding hydrogens is 440 g/mol. The molecule has 0 amide bonds. The van der Waals surface area contributed by atoms with Gasteiger partial charge in [0.25, 0.3) is 0 Å². The topological polar surface area (TPSA) is 130 Å². The second kappa shape index (κ2) is 13.9. The van der Waals surface area contributed by atoms with Crippen molar-refractivity contribution in [3.8, 4) is 17.2 Å². The van der Waals surface area contributed by atoms with E-state index in [2.05, 4.69) is 0 Å². The fraction of sp³-hybridized carbons (Fsp3) is 0.423. The fourth-order valence-corrected chi connectivity index (χ4v) is 3.54. The highest BCUT2D eigenvalue weighted by Gasteiger charge is 2.20. The third kappa shape index (κ3) is 9.52. The minimum Gasteiger partial charge on any atom is -0.508 e. The zero-order valence-electron chi connectivity index (χ0n) is 19.4. The quantitative estimate of drug-likeness (QED) is 0.212. The van der Waals surface area contributed by atoms with E-state index in [-0.39, 0.29) is 59.6 Å². The zero-order chi connectivity index (χ0) is 24.9. The molecule has 0 saturated heterocycles. The highest BCUT2D eigenvalue weighted by Crippen LogP contribution is 2.29. The third-order valence-corrected chi connectivity index (χ3v) is 5.24. The van der Waals surface area contributed by atoms with Crippen LogP contribution in [-0.2, 0) is 31.9 Å². The summed E-state index contributed by atoms with van der Waals surface area (Å²) >= 11 is 0. The number of carbonyl (C=O) groups excluding carboxylic acids is 3. The van der Waals surface area contributed by atoms with Crippen LogP contribution in [0.15, 0.2) is 36.4 Å². The van der Waals surface area contributed by atoms with Gasteiger partial charge in [0.05, 0.1) is 25.2 Å². The Labute approximate surface area is 199 Å². The Morgan fingerprint density at radius 2 is 1.47 bits per heavy atom. The van der Waals surface area contributed by atoms with E-state index >= 15 is 0 Å². The first kappa shape index (κ1) is 26.7. The number of ether oxygens (including phenoxy) is 2. The van der Waals surface area contributed by atoms with Gasteiger partial charge in [0.2, 0.25) is 0 Å². The molecule has 184 valence electrons. The van der Waals surface area contributed by atoms with Gasteiger partial charge in [-0.2, -0.15) is 0 Å². The average Bonchev–Trinajstić information content (AvgIpc) is 2.76. The van der Waals surface area contributed by atoms with Crippen LogP contribution in [0.3, 0.4) is 0 Å². The first-order valence-electron chi connectivity index (χ1n) is 11.4. The normalized spacial score (nSPS) is 10.6. The van der Waals surface area contributed by atoms with E-state index in [0.717, 1.165) is 37.3 Å². The van der Waals surface area contributed by atoms with E-state index in [1.165, 1.54) is 13.0 Å². The summed E-state index contributed by atoms with van der Waals surface area (Å²) in [6.45, 7) is 1.88. The smallest absolute Gasteiger partial charge is 0.310 e. The van der Waals surface area contributed by atoms with E-state index in [9.17, 15) is 29.7 Å². The molecule has 0 fully saturated rings. The van der Waals surface area contributed by atoms with Gasteiger partial charge in [-0.25, -0.2) is 0 Å². The first-order chi connectivity index (χ1) is 16.3. The number of ketones is 1. The summed E-state index contributed by atoms with van der Waals surface area (Å²) in [5.41, 5.74) is 1.14. The van der Waals surface area contributed by atoms with Crippen LogP contribution >= 0.6 is 0 Å². The molecule has 0 heterocycles. The van der Waals surface area contributed by atoms with Crippen LogP contribution in [0.2, 0.25) is 0 Å². The van der Waals surface area contributed by atoms with Gasteiger partial charge >= 0.3 is 11.9 Å². The van der Waals surface area contributed by atoms with Crippen molar-refractivity contribution in [3.05, 3.63) is 53.1 Å². The van der Waals surface area contributed by atoms with Crippen LogP contribution in [0.25, 0.3) is 0 Å². The Kier molecular flexibility index (Phi) is 10.9. The number of esters is 2. The number of aromatic hydroxyl groups is 3. The molecule has 0 bridgehead atoms. The van der Waals surface area contributed by atoms with Crippen LogP contribution in [0.1, 0.15) is 66.9 Å². The summed E-state index contributed by atoms with van der Waals surface area (Å²) in [6.07, 6.45) is 4.36. The SMILES string of the molecule is CC(=O)OCCCCCCCC(=O)c1c(O)cc(O)cc1CC(=O)OCCc1ccc(O)cc1. The van der Waals surface area contributed by atoms with Gasteiger partial charge in [-0.1, -0.05) is 31.4 Å². The molecule has 8 heteroatoms. The molecule has 0 aliphatic rings. The van der Waals surface area contributed by atoms with Crippen molar-refractivity contribution in [1.82, 2.24) is 0 Å². The molecular formula is C26H32O8. The summed E-state index contributed by atoms with van der Waals surface area (Å²) in [5, 5.41) is 29.4. The van der Waals surface area contributed by atoms with Crippen molar-refractivity contribution < 1.29 is 39.2 Å². The molecule has 0 unspecified atom stereocenters. The van der Waals surface area contributed by atoms with Gasteiger partial charge < -0.3 is 24.8 Å². The first-order valence-corrected chi connectivity index (χ1v) is 11.4. The number of hydrogen-bond donors (Lipinski definition) is 3. The Morgan fingerprint density at radius 1 is 0.794 bits per heavy atom. The van der Waals surface area contributed by atoms with Crippen LogP contribution in [0.5, 0.6) is 17.2 Å². The number of unbranched alkanes of at least 4 members (excludes halogenated alkanes) is 4. The average molecular weight is 473 g/mol. The predicted molar refractivity (Wildman–Crippen MR) is 125 cm³/mol. The lowest BCUT2D eigenvalue weighted by molar-refractivity contribution is -0.143. The lowest BCUT2D eigenvalue weighted by atomic mass is 9.96. The van der Waals surface area contributed by atoms with E-state index in [1.807, 2.05) is 0 Å². The lowest BCUT2D eigenvalue weighted by Crippen LogP contribution is -2.13. The van der Waals surface area contributed by atoms with E-state index < -0.39 is 5.97 Å². The number of hydrogen-bond acceptors (Lipinski definition) is 8. The summed E-state index contributed by atoms with van der Waals surface area (Å²) < 4.78 is 10.1. The number of phenols is 3. The Balaban J connectivity index is 1.84. The second-order valence-electron chi connectivity index (χ2n) is 8.09. The maximum absolute atomic E-state index is 12.7. The maximum Gasteiger partial charge on any atom is 0.310 e. The van der Waals surface area contributed by atoms with Gasteiger partial charge in [0.15, 0.2) is 5.78 Å². The van der Waals surface area contributed by atoms with Crippen molar-refractivity contribution in [1.29, 1.82) is 0 Å². The maximum atomic E-state index is 12.7. The van der Waals surface area contributed by atoms with Gasteiger partial charge in [-0.05, 0) is 42.2 Å². The molecule has 2 aromatic carbocycles. The van der Waals surface area contributed by atoms with E-state index in [0.29, 0.717) is 19.4 Å². The molecule has 8 nitrogen and oxygen atoms in total. The molecule has 0 aliphatic heterocycles. The highest BCUT2D eigenvalue weighted by atomic mass is 16.5. The van der Waals surface area contributed by atoms with E-state index in [1.54, 1.807) is 24.3 Å². The van der Waals surface area contributed by atoms with Crippen molar-refractivity contribution in [2.75, 3.05) is 13.2 Å². The predicted octanol–water partition coefficient (Wildman–Crippen LogP) is 4.22. The second-order valence-corrected chi connectivity index (χ2v) is 8.09. The Bertz CT molecular complexity index is 966. The summed E-state index contributed by atoms with van der Waals surface area (Å²) in [4.78, 5) is 35.8. The van der Waals surface area contributed by atoms with Crippen LogP contribution < -0.4 is 0 Å². The van der Waals surface area contributed by atoms with E-state index in [4.69, 9.17) is 9.47 Å². The number of phenolic OH excluding ortho intramolecular Hbond substituents is 3. The molecule has 0 atom stereocenters. The lowest BCUT2D eigenvalue weighted by Gasteiger charge is -2.12. The van der Waals surface area contributed by atoms with Gasteiger partial charge in [-0.15, -0.1) is 0 Å². The number of rotatable bonds is 14. The molecule has 0 saturated carbocycles. The Hall–Kier alpha value is -3.55. The van der Waals surface area contributed by atoms with Crippen LogP contribution in [-0.4, -0.2) is 46.3 Å². The molecule has 0 aromatic heterocycles. The standard InChI is InChI=1S/C26H32O8/c1-18(27)33-13-6-4-2-3-5-7-23(30)26-20(15-22(29)17-24(26)31)16-25(32)34-14-12-19-8-10-21(28)11-9-19/h8-11,15,17,28-29,31H,2-7,12-14,16H2,1H3. The molecule has 2 rings (SSSR count). The Morgan fingerprint density at radius 3 is 2.18 bits per heavy atom. The minimum absolute atomic E-state index is 0.0307. The number of benzene rings is 2. The monoisotopic (exact) mass is 472 g/mol. The molecule has 3 N–H and O–H groups in total. The van der Waals surface area contributed by atoms with Crippen molar-refractivity contribution in [2.24, 2.45) is 0 Å². The molecule has 2 aromatic rings. The summed E-state index contributed by atoms with van der Waals surface area (Å²) in [6, 6.07) is 8.94. The van der Waals surface area contributed by atoms with Crippen LogP contribution in [0.4, 0.5) is 0 Å². The molecule has 0 radical (unpaired) electrons. The van der Waals surface area contributed by atoms with Gasteiger partial charge in [0.1, 0.15) is 17.2 Å². The third-order valence-electron chi connectivity index (χ3n) is 5.24. The number of carbonyl (C=O) groups is 3. The van der Waals surface area contributed by atoms with Crippen LogP contribution in [0, 0.1) is 0 Å². The minimum atomic E-state index is -0.578. The number of Topliss-reactive ketones (excluding diaryl/α,β-unsaturated/α-hetero) is 1. The highest BCUT2D eigenvalue weighted by molar-refractivity contribution is 6.01. The zero-order valence-corrected chi connectivity index (χ0v) is 19.4. The summed E-state index contributed by atoms with van der Waals surface area (Å²) in [5.74, 6) is -1.63. The van der Waals surface area contributed by atoms with Crippen molar-refractivity contribution in [3.63, 3.8) is 0 Å². The fourth-order valence-electron chi connectivity index (χ4n) is 3.54. The van der Waals surface area contributed by atoms with Crippen molar-refractivity contribution >= 4 is 17.7 Å².